The predicted molar refractivity (Wildman–Crippen MR) is 176 cm³/mol. The molecule has 240 valence electrons. The first-order valence-corrected chi connectivity index (χ1v) is 16.3. The van der Waals surface area contributed by atoms with Crippen LogP contribution in [-0.2, 0) is 15.1 Å². The van der Waals surface area contributed by atoms with E-state index in [-0.39, 0.29) is 30.6 Å². The molecule has 3 aromatic carbocycles. The maximum atomic E-state index is 13.7. The van der Waals surface area contributed by atoms with Gasteiger partial charge in [0, 0.05) is 29.6 Å². The molecule has 3 aromatic rings. The van der Waals surface area contributed by atoms with Crippen molar-refractivity contribution in [2.24, 2.45) is 29.1 Å². The molecule has 7 atom stereocenters. The van der Waals surface area contributed by atoms with Crippen molar-refractivity contribution in [2.45, 2.75) is 62.9 Å². The molecular weight excluding hydrogens is 576 g/mol. The molecule has 0 aromatic heterocycles. The molecule has 7 unspecified atom stereocenters. The summed E-state index contributed by atoms with van der Waals surface area (Å²) in [6.07, 6.45) is 4.25. The van der Waals surface area contributed by atoms with E-state index in [1.807, 2.05) is 97.9 Å². The van der Waals surface area contributed by atoms with Crippen LogP contribution in [-0.4, -0.2) is 51.6 Å². The van der Waals surface area contributed by atoms with Crippen molar-refractivity contribution >= 4 is 5.78 Å². The van der Waals surface area contributed by atoms with E-state index in [1.54, 1.807) is 20.1 Å². The van der Waals surface area contributed by atoms with E-state index in [9.17, 15) is 20.1 Å². The lowest BCUT2D eigenvalue weighted by Crippen LogP contribution is -2.60. The van der Waals surface area contributed by atoms with Gasteiger partial charge in [-0.25, -0.2) is 0 Å². The van der Waals surface area contributed by atoms with Crippen LogP contribution < -0.4 is 4.74 Å². The summed E-state index contributed by atoms with van der Waals surface area (Å²) < 4.78 is 12.7. The van der Waals surface area contributed by atoms with Crippen LogP contribution in [0.5, 0.6) is 5.75 Å². The van der Waals surface area contributed by atoms with Crippen LogP contribution in [0.3, 0.4) is 0 Å². The third-order valence-corrected chi connectivity index (χ3v) is 12.0. The highest BCUT2D eigenvalue weighted by atomic mass is 16.5. The summed E-state index contributed by atoms with van der Waals surface area (Å²) in [5, 5.41) is 36.8. The summed E-state index contributed by atoms with van der Waals surface area (Å²) >= 11 is 0. The molecule has 46 heavy (non-hydrogen) atoms. The number of aliphatic hydroxyl groups is 3. The largest absolute Gasteiger partial charge is 0.497 e. The maximum Gasteiger partial charge on any atom is 0.190 e. The zero-order chi connectivity index (χ0) is 32.7. The number of carbonyl (C=O) groups is 1. The number of fused-ring (bicyclic) bond motifs is 5. The summed E-state index contributed by atoms with van der Waals surface area (Å²) in [6, 6.07) is 27.9. The molecule has 6 heteroatoms. The molecule has 0 bridgehead atoms. The third kappa shape index (κ3) is 4.13. The number of ether oxygens (including phenoxy) is 2. The smallest absolute Gasteiger partial charge is 0.190 e. The van der Waals surface area contributed by atoms with Crippen molar-refractivity contribution in [1.82, 2.24) is 0 Å². The fourth-order valence-corrected chi connectivity index (χ4v) is 9.51. The van der Waals surface area contributed by atoms with Crippen LogP contribution in [0, 0.1) is 29.1 Å². The van der Waals surface area contributed by atoms with Gasteiger partial charge in [0.15, 0.2) is 5.78 Å². The normalized spacial score (nSPS) is 34.4. The number of hydrogen-bond acceptors (Lipinski definition) is 6. The Kier molecular flexibility index (Phi) is 7.08. The van der Waals surface area contributed by atoms with E-state index < -0.39 is 39.7 Å². The van der Waals surface area contributed by atoms with Crippen LogP contribution in [0.4, 0.5) is 0 Å². The molecule has 6 nitrogen and oxygen atoms in total. The highest BCUT2D eigenvalue weighted by Crippen LogP contribution is 2.75. The highest BCUT2D eigenvalue weighted by molar-refractivity contribution is 6.04. The van der Waals surface area contributed by atoms with Crippen molar-refractivity contribution in [3.05, 3.63) is 125 Å². The Morgan fingerprint density at radius 1 is 0.848 bits per heavy atom. The van der Waals surface area contributed by atoms with Gasteiger partial charge in [-0.1, -0.05) is 106 Å². The number of methoxy groups -OCH3 is 1. The van der Waals surface area contributed by atoms with Gasteiger partial charge in [-0.2, -0.15) is 0 Å². The molecule has 4 aliphatic carbocycles. The molecule has 0 heterocycles. The lowest BCUT2D eigenvalue weighted by Gasteiger charge is -2.50. The van der Waals surface area contributed by atoms with E-state index in [0.29, 0.717) is 12.0 Å². The van der Waals surface area contributed by atoms with Crippen molar-refractivity contribution in [3.63, 3.8) is 0 Å². The second-order valence-electron chi connectivity index (χ2n) is 14.7. The number of carbonyl (C=O) groups excluding carboxylic acids is 1. The average Bonchev–Trinajstić information content (AvgIpc) is 3.43. The first-order chi connectivity index (χ1) is 21.8. The highest BCUT2D eigenvalue weighted by Gasteiger charge is 2.80. The zero-order valence-electron chi connectivity index (χ0n) is 27.2. The van der Waals surface area contributed by atoms with Gasteiger partial charge in [-0.3, -0.25) is 4.79 Å². The lowest BCUT2D eigenvalue weighted by atomic mass is 9.60. The molecule has 0 amide bonds. The van der Waals surface area contributed by atoms with Gasteiger partial charge in [0.1, 0.15) is 17.0 Å². The second kappa shape index (κ2) is 10.5. The van der Waals surface area contributed by atoms with Crippen LogP contribution in [0.25, 0.3) is 0 Å². The summed E-state index contributed by atoms with van der Waals surface area (Å²) in [5.41, 5.74) is -1.70. The number of Topliss-reactive ketones (excluding diaryl/α,β-unsaturated/α-hetero) is 1. The average molecular weight is 621 g/mol. The minimum absolute atomic E-state index is 0.0315. The van der Waals surface area contributed by atoms with Gasteiger partial charge in [-0.15, -0.1) is 0 Å². The first kappa shape index (κ1) is 31.1. The molecule has 7 rings (SSSR count). The Labute approximate surface area is 271 Å². The monoisotopic (exact) mass is 620 g/mol. The molecule has 2 saturated carbocycles. The summed E-state index contributed by atoms with van der Waals surface area (Å²) in [6.45, 7) is 7.85. The second-order valence-corrected chi connectivity index (χ2v) is 14.7. The summed E-state index contributed by atoms with van der Waals surface area (Å²) in [5.74, 6) is -1.47. The molecule has 0 aliphatic heterocycles. The minimum atomic E-state index is -1.81. The number of hydrogen-bond donors (Lipinski definition) is 3. The molecule has 3 N–H and O–H groups in total. The van der Waals surface area contributed by atoms with Gasteiger partial charge in [0.25, 0.3) is 0 Å². The molecule has 4 aliphatic rings. The molecule has 0 spiro atoms. The fraction of sp³-hybridized carbons (Fsp3) is 0.425. The molecule has 2 fully saturated rings. The van der Waals surface area contributed by atoms with Crippen molar-refractivity contribution < 1.29 is 29.6 Å². The number of ketones is 1. The van der Waals surface area contributed by atoms with Crippen molar-refractivity contribution in [2.75, 3.05) is 13.7 Å². The lowest BCUT2D eigenvalue weighted by molar-refractivity contribution is -0.177. The van der Waals surface area contributed by atoms with E-state index in [1.165, 1.54) is 0 Å². The van der Waals surface area contributed by atoms with Crippen LogP contribution in [0.15, 0.2) is 108 Å². The minimum Gasteiger partial charge on any atom is -0.497 e. The first-order valence-electron chi connectivity index (χ1n) is 16.3. The van der Waals surface area contributed by atoms with Crippen molar-refractivity contribution in [1.29, 1.82) is 0 Å². The van der Waals surface area contributed by atoms with E-state index >= 15 is 0 Å². The van der Waals surface area contributed by atoms with Crippen LogP contribution in [0.1, 0.15) is 57.2 Å². The Morgan fingerprint density at radius 2 is 1.41 bits per heavy atom. The van der Waals surface area contributed by atoms with Gasteiger partial charge in [0.05, 0.1) is 24.9 Å². The van der Waals surface area contributed by atoms with Gasteiger partial charge in [0.2, 0.25) is 0 Å². The number of rotatable bonds is 7. The standard InChI is InChI=1S/C40H44O6/c1-25-20-33-37(42,35(25)41)23-27(21-32-34-36(3,4)38(34,43)22-26(2)39(32,33)44)24-46-40(28-12-8-6-9-13-28,29-14-10-7-11-15-29)30-16-18-31(45-5)19-17-30/h6-21,26,32-34,42-44H,22-24H2,1-5H3. The van der Waals surface area contributed by atoms with Gasteiger partial charge < -0.3 is 24.8 Å². The Morgan fingerprint density at radius 3 is 1.98 bits per heavy atom. The van der Waals surface area contributed by atoms with E-state index in [0.717, 1.165) is 28.0 Å². The Balaban J connectivity index is 1.38. The van der Waals surface area contributed by atoms with Crippen LogP contribution in [0.2, 0.25) is 0 Å². The third-order valence-electron chi connectivity index (χ3n) is 12.0. The Hall–Kier alpha value is -3.55. The SMILES string of the molecule is COc1ccc(C(OCC2=CC3C4C(C)(C)C4(O)CC(C)C3(O)C3C=C(C)C(=O)C3(O)C2)(c2ccccc2)c2ccccc2)cc1. The summed E-state index contributed by atoms with van der Waals surface area (Å²) in [4.78, 5) is 13.7. The summed E-state index contributed by atoms with van der Waals surface area (Å²) in [7, 11) is 1.64. The fourth-order valence-electron chi connectivity index (χ4n) is 9.51. The van der Waals surface area contributed by atoms with Crippen LogP contribution >= 0.6 is 0 Å². The Bertz CT molecular complexity index is 1670. The van der Waals surface area contributed by atoms with E-state index in [4.69, 9.17) is 9.47 Å². The quantitative estimate of drug-likeness (QED) is 0.222. The number of benzene rings is 3. The van der Waals surface area contributed by atoms with Gasteiger partial charge in [-0.05, 0) is 59.2 Å². The molecular formula is C40H44O6. The van der Waals surface area contributed by atoms with E-state index in [2.05, 4.69) is 13.8 Å². The predicted octanol–water partition coefficient (Wildman–Crippen LogP) is 5.98. The van der Waals surface area contributed by atoms with Gasteiger partial charge >= 0.3 is 0 Å². The molecule has 0 saturated heterocycles. The maximum absolute atomic E-state index is 13.7. The molecule has 0 radical (unpaired) electrons. The zero-order valence-corrected chi connectivity index (χ0v) is 27.2. The topological polar surface area (TPSA) is 96.2 Å². The van der Waals surface area contributed by atoms with Crippen molar-refractivity contribution in [3.8, 4) is 5.75 Å².